The molecule has 1 atom stereocenters. The maximum atomic E-state index is 13.5. The molecule has 174 valence electrons. The molecule has 0 radical (unpaired) electrons. The molecule has 7 heteroatoms. The molecule has 4 rings (SSSR count). The van der Waals surface area contributed by atoms with E-state index >= 15 is 0 Å². The second-order valence-electron chi connectivity index (χ2n) is 8.84. The van der Waals surface area contributed by atoms with E-state index < -0.39 is 11.9 Å². The lowest BCUT2D eigenvalue weighted by molar-refractivity contribution is -0.136. The topological polar surface area (TPSA) is 69.7 Å². The van der Waals surface area contributed by atoms with Gasteiger partial charge in [0.1, 0.15) is 11.9 Å². The van der Waals surface area contributed by atoms with Crippen LogP contribution in [0.25, 0.3) is 0 Å². The zero-order valence-electron chi connectivity index (χ0n) is 18.7. The van der Waals surface area contributed by atoms with Gasteiger partial charge in [-0.3, -0.25) is 14.4 Å². The van der Waals surface area contributed by atoms with Crippen LogP contribution in [0.1, 0.15) is 52.8 Å². The summed E-state index contributed by atoms with van der Waals surface area (Å²) in [6.45, 7) is 2.36. The second-order valence-corrected chi connectivity index (χ2v) is 8.84. The van der Waals surface area contributed by atoms with Gasteiger partial charge in [0.05, 0.1) is 0 Å². The summed E-state index contributed by atoms with van der Waals surface area (Å²) in [6, 6.07) is 14.0. The van der Waals surface area contributed by atoms with Crippen molar-refractivity contribution in [3.63, 3.8) is 0 Å². The van der Waals surface area contributed by atoms with Crippen molar-refractivity contribution >= 4 is 17.7 Å². The Bertz CT molecular complexity index is 983. The van der Waals surface area contributed by atoms with Gasteiger partial charge in [0.25, 0.3) is 11.8 Å². The second kappa shape index (κ2) is 10.6. The monoisotopic (exact) mass is 451 g/mol. The molecule has 3 amide bonds. The molecule has 2 saturated heterocycles. The van der Waals surface area contributed by atoms with Crippen molar-refractivity contribution in [2.45, 2.75) is 38.1 Å². The Kier molecular flexibility index (Phi) is 7.37. The number of hydrogen-bond acceptors (Lipinski definition) is 3. The Morgan fingerprint density at radius 3 is 2.15 bits per heavy atom. The smallest absolute Gasteiger partial charge is 0.253 e. The highest BCUT2D eigenvalue weighted by atomic mass is 19.1. The van der Waals surface area contributed by atoms with E-state index in [0.717, 1.165) is 19.3 Å². The number of benzene rings is 2. The minimum Gasteiger partial charge on any atom is -0.341 e. The summed E-state index contributed by atoms with van der Waals surface area (Å²) >= 11 is 0. The Labute approximate surface area is 193 Å². The molecule has 2 fully saturated rings. The third-order valence-electron chi connectivity index (χ3n) is 6.63. The van der Waals surface area contributed by atoms with E-state index in [-0.39, 0.29) is 23.6 Å². The van der Waals surface area contributed by atoms with E-state index in [9.17, 15) is 18.8 Å². The van der Waals surface area contributed by atoms with Crippen LogP contribution >= 0.6 is 0 Å². The summed E-state index contributed by atoms with van der Waals surface area (Å²) in [6.07, 6.45) is 4.27. The van der Waals surface area contributed by atoms with Crippen LogP contribution in [0.5, 0.6) is 0 Å². The Balaban J connectivity index is 1.45. The Hall–Kier alpha value is -3.22. The molecule has 1 N–H and O–H groups in total. The Morgan fingerprint density at radius 2 is 1.48 bits per heavy atom. The molecular formula is C26H30FN3O3. The van der Waals surface area contributed by atoms with Crippen molar-refractivity contribution in [1.82, 2.24) is 15.1 Å². The third kappa shape index (κ3) is 5.59. The molecule has 0 saturated carbocycles. The fourth-order valence-corrected chi connectivity index (χ4v) is 4.75. The first kappa shape index (κ1) is 23.0. The van der Waals surface area contributed by atoms with E-state index in [1.807, 2.05) is 11.0 Å². The van der Waals surface area contributed by atoms with Crippen LogP contribution in [0.4, 0.5) is 4.39 Å². The van der Waals surface area contributed by atoms with Gasteiger partial charge >= 0.3 is 0 Å². The lowest BCUT2D eigenvalue weighted by atomic mass is 9.87. The van der Waals surface area contributed by atoms with Crippen LogP contribution in [0.15, 0.2) is 54.6 Å². The average molecular weight is 452 g/mol. The van der Waals surface area contributed by atoms with Crippen LogP contribution in [0, 0.1) is 11.7 Å². The highest BCUT2D eigenvalue weighted by molar-refractivity contribution is 5.97. The van der Waals surface area contributed by atoms with Crippen LogP contribution < -0.4 is 5.32 Å². The summed E-state index contributed by atoms with van der Waals surface area (Å²) in [7, 11) is 0. The van der Waals surface area contributed by atoms with Crippen molar-refractivity contribution in [2.75, 3.05) is 26.2 Å². The minimum absolute atomic E-state index is 0.0334. The third-order valence-corrected chi connectivity index (χ3v) is 6.63. The van der Waals surface area contributed by atoms with E-state index in [1.165, 1.54) is 18.2 Å². The predicted octanol–water partition coefficient (Wildman–Crippen LogP) is 3.49. The summed E-state index contributed by atoms with van der Waals surface area (Å²) in [5, 5.41) is 3.00. The molecule has 2 aromatic rings. The van der Waals surface area contributed by atoms with E-state index in [2.05, 4.69) is 5.32 Å². The number of rotatable bonds is 5. The maximum Gasteiger partial charge on any atom is 0.253 e. The molecular weight excluding hydrogens is 421 g/mol. The van der Waals surface area contributed by atoms with Gasteiger partial charge in [-0.1, -0.05) is 24.3 Å². The highest BCUT2D eigenvalue weighted by Crippen LogP contribution is 2.25. The first-order valence-corrected chi connectivity index (χ1v) is 11.7. The number of carbonyl (C=O) groups excluding carboxylic acids is 3. The number of amides is 3. The summed E-state index contributed by atoms with van der Waals surface area (Å²) < 4.78 is 13.5. The lowest BCUT2D eigenvalue weighted by Crippen LogP contribution is -2.55. The normalized spacial score (nSPS) is 18.0. The fourth-order valence-electron chi connectivity index (χ4n) is 4.75. The van der Waals surface area contributed by atoms with Gasteiger partial charge in [-0.2, -0.15) is 0 Å². The van der Waals surface area contributed by atoms with Gasteiger partial charge in [0, 0.05) is 37.3 Å². The molecule has 2 aromatic carbocycles. The quantitative estimate of drug-likeness (QED) is 0.757. The van der Waals surface area contributed by atoms with Crippen molar-refractivity contribution in [1.29, 1.82) is 0 Å². The van der Waals surface area contributed by atoms with Gasteiger partial charge < -0.3 is 15.1 Å². The zero-order valence-corrected chi connectivity index (χ0v) is 18.7. The van der Waals surface area contributed by atoms with Gasteiger partial charge in [0.15, 0.2) is 0 Å². The Morgan fingerprint density at radius 1 is 0.818 bits per heavy atom. The number of carbonyl (C=O) groups is 3. The van der Waals surface area contributed by atoms with Gasteiger partial charge in [-0.15, -0.1) is 0 Å². The number of halogens is 1. The highest BCUT2D eigenvalue weighted by Gasteiger charge is 2.36. The molecule has 0 bridgehead atoms. The van der Waals surface area contributed by atoms with Gasteiger partial charge in [-0.25, -0.2) is 4.39 Å². The van der Waals surface area contributed by atoms with Crippen LogP contribution in [0.2, 0.25) is 0 Å². The SMILES string of the molecule is O=C(N[C@H](C(=O)N1CCCCC1)C1CCN(C(=O)c2cccc(F)c2)CC1)c1ccccc1. The molecule has 0 spiro atoms. The first-order chi connectivity index (χ1) is 16.0. The van der Waals surface area contributed by atoms with Gasteiger partial charge in [-0.05, 0) is 68.4 Å². The van der Waals surface area contributed by atoms with Crippen molar-refractivity contribution < 1.29 is 18.8 Å². The molecule has 33 heavy (non-hydrogen) atoms. The molecule has 0 aromatic heterocycles. The molecule has 6 nitrogen and oxygen atoms in total. The lowest BCUT2D eigenvalue weighted by Gasteiger charge is -2.38. The molecule has 2 aliphatic rings. The molecule has 0 unspecified atom stereocenters. The first-order valence-electron chi connectivity index (χ1n) is 11.7. The van der Waals surface area contributed by atoms with Crippen molar-refractivity contribution in [2.24, 2.45) is 5.92 Å². The predicted molar refractivity (Wildman–Crippen MR) is 123 cm³/mol. The number of likely N-dealkylation sites (tertiary alicyclic amines) is 2. The molecule has 2 aliphatic heterocycles. The van der Waals surface area contributed by atoms with E-state index in [1.54, 1.807) is 35.2 Å². The average Bonchev–Trinajstić information content (AvgIpc) is 2.87. The number of nitrogens with zero attached hydrogens (tertiary/aromatic N) is 2. The number of hydrogen-bond donors (Lipinski definition) is 1. The van der Waals surface area contributed by atoms with Crippen LogP contribution in [0.3, 0.4) is 0 Å². The minimum atomic E-state index is -0.623. The molecule has 2 heterocycles. The van der Waals surface area contributed by atoms with Crippen molar-refractivity contribution in [3.8, 4) is 0 Å². The summed E-state index contributed by atoms with van der Waals surface area (Å²) in [5.74, 6) is -1.01. The molecule has 0 aliphatic carbocycles. The number of nitrogens with one attached hydrogen (secondary N) is 1. The van der Waals surface area contributed by atoms with E-state index in [4.69, 9.17) is 0 Å². The van der Waals surface area contributed by atoms with Crippen LogP contribution in [-0.4, -0.2) is 59.7 Å². The summed E-state index contributed by atoms with van der Waals surface area (Å²) in [4.78, 5) is 42.7. The van der Waals surface area contributed by atoms with Crippen molar-refractivity contribution in [3.05, 3.63) is 71.5 Å². The standard InChI is InChI=1S/C26H30FN3O3/c27-22-11-7-10-21(18-22)25(32)30-16-12-19(13-17-30)23(26(33)29-14-5-2-6-15-29)28-24(31)20-8-3-1-4-9-20/h1,3-4,7-11,18-19,23H,2,5-6,12-17H2,(H,28,31)/t23-/m0/s1. The number of piperidine rings is 2. The fraction of sp³-hybridized carbons (Fsp3) is 0.423. The largest absolute Gasteiger partial charge is 0.341 e. The summed E-state index contributed by atoms with van der Waals surface area (Å²) in [5.41, 5.74) is 0.847. The zero-order chi connectivity index (χ0) is 23.2. The van der Waals surface area contributed by atoms with Gasteiger partial charge in [0.2, 0.25) is 5.91 Å². The van der Waals surface area contributed by atoms with Crippen LogP contribution in [-0.2, 0) is 4.79 Å². The van der Waals surface area contributed by atoms with E-state index in [0.29, 0.717) is 50.1 Å². The maximum absolute atomic E-state index is 13.5.